The van der Waals surface area contributed by atoms with E-state index in [4.69, 9.17) is 19.5 Å². The Bertz CT molecular complexity index is 1390. The van der Waals surface area contributed by atoms with E-state index in [9.17, 15) is 15.3 Å². The van der Waals surface area contributed by atoms with Crippen molar-refractivity contribution in [3.63, 3.8) is 0 Å². The van der Waals surface area contributed by atoms with E-state index in [0.717, 1.165) is 66.7 Å². The molecule has 2 aromatic rings. The van der Waals surface area contributed by atoms with E-state index >= 15 is 0 Å². The maximum Gasteiger partial charge on any atom is 0.230 e. The number of hydrogen-bond acceptors (Lipinski definition) is 8. The first kappa shape index (κ1) is 34.1. The van der Waals surface area contributed by atoms with E-state index in [-0.39, 0.29) is 47.9 Å². The molecule has 254 valence electrons. The second-order valence-corrected chi connectivity index (χ2v) is 15.1. The molecule has 0 aromatic heterocycles. The van der Waals surface area contributed by atoms with Gasteiger partial charge in [-0.25, -0.2) is 0 Å². The van der Waals surface area contributed by atoms with E-state index in [0.29, 0.717) is 24.9 Å². The van der Waals surface area contributed by atoms with Crippen molar-refractivity contribution in [2.75, 3.05) is 19.8 Å². The highest BCUT2D eigenvalue weighted by molar-refractivity contribution is 8.00. The first-order valence-electron chi connectivity index (χ1n) is 17.7. The molecule has 1 heterocycles. The molecular formula is C39H51NO6S. The number of ether oxygens (including phenoxy) is 2. The first-order chi connectivity index (χ1) is 23.1. The highest BCUT2D eigenvalue weighted by Gasteiger charge is 2.64. The fraction of sp³-hybridized carbons (Fsp3) is 0.564. The molecule has 0 radical (unpaired) electrons. The van der Waals surface area contributed by atoms with Crippen LogP contribution in [0.5, 0.6) is 11.5 Å². The van der Waals surface area contributed by atoms with Gasteiger partial charge in [-0.05, 0) is 79.7 Å². The van der Waals surface area contributed by atoms with Gasteiger partial charge < -0.3 is 29.6 Å². The van der Waals surface area contributed by atoms with E-state index in [2.05, 4.69) is 24.8 Å². The number of fused-ring (bicyclic) bond motifs is 2. The zero-order valence-electron chi connectivity index (χ0n) is 27.5. The third-order valence-electron chi connectivity index (χ3n) is 10.5. The number of allylic oxidation sites excluding steroid dienone is 1. The van der Waals surface area contributed by atoms with Crippen LogP contribution in [0.2, 0.25) is 0 Å². The summed E-state index contributed by atoms with van der Waals surface area (Å²) in [6.07, 6.45) is 14.9. The Labute approximate surface area is 284 Å². The zero-order chi connectivity index (χ0) is 32.6. The minimum absolute atomic E-state index is 0.000198. The third kappa shape index (κ3) is 7.46. The van der Waals surface area contributed by atoms with Gasteiger partial charge in [0.25, 0.3) is 0 Å². The Kier molecular flexibility index (Phi) is 11.7. The van der Waals surface area contributed by atoms with Gasteiger partial charge in [-0.15, -0.1) is 18.3 Å². The lowest BCUT2D eigenvalue weighted by Crippen LogP contribution is -2.64. The van der Waals surface area contributed by atoms with Crippen molar-refractivity contribution in [2.24, 2.45) is 22.9 Å². The molecule has 3 aliphatic carbocycles. The van der Waals surface area contributed by atoms with Crippen LogP contribution >= 0.6 is 11.8 Å². The minimum atomic E-state index is -0.953. The van der Waals surface area contributed by atoms with Crippen molar-refractivity contribution < 1.29 is 29.6 Å². The van der Waals surface area contributed by atoms with E-state index in [1.807, 2.05) is 48.2 Å². The zero-order valence-corrected chi connectivity index (χ0v) is 28.3. The maximum absolute atomic E-state index is 10.8. The van der Waals surface area contributed by atoms with Gasteiger partial charge in [-0.2, -0.15) is 0 Å². The number of oxime groups is 1. The Morgan fingerprint density at radius 1 is 1.00 bits per heavy atom. The molecule has 0 unspecified atom stereocenters. The predicted octanol–water partition coefficient (Wildman–Crippen LogP) is 7.90. The Balaban J connectivity index is 1.50. The molecule has 3 N–H and O–H groups in total. The Morgan fingerprint density at radius 3 is 2.51 bits per heavy atom. The number of phenolic OH excluding ortho intramolecular Hbond substituents is 1. The fourth-order valence-electron chi connectivity index (χ4n) is 8.47. The highest BCUT2D eigenvalue weighted by atomic mass is 32.2. The summed E-state index contributed by atoms with van der Waals surface area (Å²) in [7, 11) is 0. The third-order valence-corrected chi connectivity index (χ3v) is 12.2. The summed E-state index contributed by atoms with van der Waals surface area (Å²) in [5.74, 6) is 0.324. The standard InChI is InChI=1S/C39H51NO6S/c1-2-22-44-39-36(47-30-15-6-7-16-30)25-34(40-45-26-27-12-4-3-5-13-27)32-23-28(14-8-10-20-41)31(17-9-11-21-42)37(38(32)39)33-24-29(43)18-19-35(33)46-39/h2-5,12-13,18-19,23-24,28,30-31,36-38,41-43H,1,6-11,14-17,20-22,25-26H2/t28-,31+,36-,37+,38+,39+/m0/s1. The van der Waals surface area contributed by atoms with Gasteiger partial charge in [0, 0.05) is 36.4 Å². The second kappa shape index (κ2) is 16.1. The lowest BCUT2D eigenvalue weighted by Gasteiger charge is -2.58. The van der Waals surface area contributed by atoms with Crippen molar-refractivity contribution in [3.8, 4) is 11.5 Å². The average molecular weight is 662 g/mol. The summed E-state index contributed by atoms with van der Waals surface area (Å²) < 4.78 is 14.1. The molecule has 6 atom stereocenters. The molecule has 8 heteroatoms. The van der Waals surface area contributed by atoms with Crippen LogP contribution in [-0.2, 0) is 16.2 Å². The average Bonchev–Trinajstić information content (AvgIpc) is 3.60. The molecule has 6 rings (SSSR count). The number of unbranched alkanes of at least 4 members (excludes halogenated alkanes) is 2. The molecule has 2 fully saturated rings. The molecular weight excluding hydrogens is 610 g/mol. The number of rotatable bonds is 16. The van der Waals surface area contributed by atoms with Crippen LogP contribution in [-0.4, -0.2) is 57.1 Å². The van der Waals surface area contributed by atoms with Crippen molar-refractivity contribution in [3.05, 3.63) is 84.0 Å². The summed E-state index contributed by atoms with van der Waals surface area (Å²) in [6.45, 7) is 5.11. The van der Waals surface area contributed by atoms with Crippen LogP contribution in [0.4, 0.5) is 0 Å². The lowest BCUT2D eigenvalue weighted by atomic mass is 9.56. The molecule has 0 amide bonds. The van der Waals surface area contributed by atoms with Crippen molar-refractivity contribution in [1.82, 2.24) is 0 Å². The molecule has 4 aliphatic rings. The van der Waals surface area contributed by atoms with Crippen LogP contribution in [0, 0.1) is 17.8 Å². The number of nitrogens with zero attached hydrogens (tertiary/aromatic N) is 1. The number of aliphatic hydroxyl groups is 2. The first-order valence-corrected chi connectivity index (χ1v) is 18.6. The number of thioether (sulfide) groups is 1. The molecule has 2 saturated carbocycles. The number of hydrogen-bond donors (Lipinski definition) is 3. The Hall–Kier alpha value is -2.78. The van der Waals surface area contributed by atoms with Crippen LogP contribution in [0.1, 0.15) is 87.7 Å². The second-order valence-electron chi connectivity index (χ2n) is 13.6. The maximum atomic E-state index is 10.8. The van der Waals surface area contributed by atoms with Crippen molar-refractivity contribution >= 4 is 17.5 Å². The van der Waals surface area contributed by atoms with Crippen molar-refractivity contribution in [2.45, 2.75) is 99.4 Å². The minimum Gasteiger partial charge on any atom is -0.508 e. The predicted molar refractivity (Wildman–Crippen MR) is 188 cm³/mol. The molecule has 0 spiro atoms. The van der Waals surface area contributed by atoms with Gasteiger partial charge in [0.2, 0.25) is 5.79 Å². The molecule has 7 nitrogen and oxygen atoms in total. The molecule has 47 heavy (non-hydrogen) atoms. The quantitative estimate of drug-likeness (QED) is 0.0955. The normalized spacial score (nSPS) is 29.1. The van der Waals surface area contributed by atoms with Gasteiger partial charge in [0.1, 0.15) is 18.1 Å². The van der Waals surface area contributed by atoms with E-state index in [1.165, 1.54) is 25.7 Å². The number of aliphatic hydroxyl groups excluding tert-OH is 2. The monoisotopic (exact) mass is 661 g/mol. The van der Waals surface area contributed by atoms with Gasteiger partial charge in [0.15, 0.2) is 0 Å². The van der Waals surface area contributed by atoms with Crippen molar-refractivity contribution in [1.29, 1.82) is 0 Å². The van der Waals surface area contributed by atoms with E-state index in [1.54, 1.807) is 6.07 Å². The van der Waals surface area contributed by atoms with Gasteiger partial charge >= 0.3 is 0 Å². The highest BCUT2D eigenvalue weighted by Crippen LogP contribution is 2.63. The lowest BCUT2D eigenvalue weighted by molar-refractivity contribution is -0.223. The molecule has 0 bridgehead atoms. The van der Waals surface area contributed by atoms with Gasteiger partial charge in [-0.3, -0.25) is 0 Å². The van der Waals surface area contributed by atoms with Crippen LogP contribution in [0.3, 0.4) is 0 Å². The number of aromatic hydroxyl groups is 1. The molecule has 1 aliphatic heterocycles. The largest absolute Gasteiger partial charge is 0.508 e. The summed E-state index contributed by atoms with van der Waals surface area (Å²) >= 11 is 2.00. The summed E-state index contributed by atoms with van der Waals surface area (Å²) in [5.41, 5.74) is 4.16. The summed E-state index contributed by atoms with van der Waals surface area (Å²) in [4.78, 5) is 6.13. The number of phenols is 1. The SMILES string of the molecule is C=CCO[C@@]12Oc3ccc(O)cc3[C@H]3[C@H](CCCCO)[C@@H](CCCCO)C=C(C(=NOCc4ccccc4)C[C@@H]1SC1CCCC1)[C@H]32. The van der Waals surface area contributed by atoms with Gasteiger partial charge in [-0.1, -0.05) is 73.3 Å². The van der Waals surface area contributed by atoms with Crippen LogP contribution in [0.25, 0.3) is 0 Å². The number of benzene rings is 2. The van der Waals surface area contributed by atoms with Gasteiger partial charge in [0.05, 0.1) is 23.5 Å². The summed E-state index contributed by atoms with van der Waals surface area (Å²) in [5, 5.41) is 35.7. The van der Waals surface area contributed by atoms with Crippen LogP contribution in [0.15, 0.2) is 78.0 Å². The fourth-order valence-corrected chi connectivity index (χ4v) is 10.2. The Morgan fingerprint density at radius 2 is 1.77 bits per heavy atom. The van der Waals surface area contributed by atoms with Crippen LogP contribution < -0.4 is 4.74 Å². The molecule has 0 saturated heterocycles. The smallest absolute Gasteiger partial charge is 0.230 e. The molecule has 2 aromatic carbocycles. The topological polar surface area (TPSA) is 101 Å². The summed E-state index contributed by atoms with van der Waals surface area (Å²) in [6, 6.07) is 15.6. The van der Waals surface area contributed by atoms with E-state index < -0.39 is 5.79 Å².